The quantitative estimate of drug-likeness (QED) is 0.876. The van der Waals surface area contributed by atoms with Gasteiger partial charge in [-0.1, -0.05) is 13.8 Å². The molecule has 1 fully saturated rings. The van der Waals surface area contributed by atoms with E-state index in [1.807, 2.05) is 6.07 Å². The van der Waals surface area contributed by atoms with Crippen LogP contribution in [0, 0.1) is 11.8 Å². The molecule has 0 aromatic carbocycles. The first-order valence-corrected chi connectivity index (χ1v) is 6.47. The molecule has 2 rings (SSSR count). The van der Waals surface area contributed by atoms with E-state index in [-0.39, 0.29) is 6.61 Å². The molecule has 3 nitrogen and oxygen atoms in total. The molecule has 1 aromatic rings. The maximum absolute atomic E-state index is 8.90. The highest BCUT2D eigenvalue weighted by Crippen LogP contribution is 2.30. The first-order chi connectivity index (χ1) is 8.17. The van der Waals surface area contributed by atoms with Gasteiger partial charge >= 0.3 is 0 Å². The van der Waals surface area contributed by atoms with Gasteiger partial charge in [-0.25, -0.2) is 0 Å². The zero-order valence-electron chi connectivity index (χ0n) is 10.7. The molecule has 0 saturated heterocycles. The average molecular weight is 238 g/mol. The summed E-state index contributed by atoms with van der Waals surface area (Å²) >= 11 is 0. The molecular formula is C14H22O3. The molecule has 1 aromatic heterocycles. The van der Waals surface area contributed by atoms with Crippen LogP contribution in [-0.2, 0) is 18.0 Å². The summed E-state index contributed by atoms with van der Waals surface area (Å²) in [5.41, 5.74) is 0. The van der Waals surface area contributed by atoms with Gasteiger partial charge in [0.25, 0.3) is 0 Å². The van der Waals surface area contributed by atoms with E-state index in [4.69, 9.17) is 14.3 Å². The summed E-state index contributed by atoms with van der Waals surface area (Å²) in [4.78, 5) is 0. The summed E-state index contributed by atoms with van der Waals surface area (Å²) in [6, 6.07) is 3.67. The SMILES string of the molecule is CC1CC(C)CC(OCc2ccc(CO)o2)C1. The van der Waals surface area contributed by atoms with E-state index in [9.17, 15) is 0 Å². The molecule has 1 N–H and O–H groups in total. The van der Waals surface area contributed by atoms with Crippen LogP contribution in [0.3, 0.4) is 0 Å². The smallest absolute Gasteiger partial charge is 0.130 e. The Kier molecular flexibility index (Phi) is 4.24. The van der Waals surface area contributed by atoms with Crippen molar-refractivity contribution in [1.82, 2.24) is 0 Å². The van der Waals surface area contributed by atoms with Crippen molar-refractivity contribution >= 4 is 0 Å². The second-order valence-corrected chi connectivity index (χ2v) is 5.38. The molecule has 0 amide bonds. The first-order valence-electron chi connectivity index (χ1n) is 6.47. The van der Waals surface area contributed by atoms with E-state index in [1.165, 1.54) is 6.42 Å². The Morgan fingerprint density at radius 2 is 1.82 bits per heavy atom. The van der Waals surface area contributed by atoms with Crippen molar-refractivity contribution in [2.24, 2.45) is 11.8 Å². The Bertz CT molecular complexity index is 335. The third-order valence-electron chi connectivity index (χ3n) is 3.47. The van der Waals surface area contributed by atoms with Crippen molar-refractivity contribution in [2.45, 2.75) is 52.4 Å². The molecule has 96 valence electrons. The van der Waals surface area contributed by atoms with Gasteiger partial charge in [0.15, 0.2) is 0 Å². The molecule has 1 saturated carbocycles. The maximum Gasteiger partial charge on any atom is 0.130 e. The summed E-state index contributed by atoms with van der Waals surface area (Å²) < 4.78 is 11.3. The fourth-order valence-electron chi connectivity index (χ4n) is 2.79. The lowest BCUT2D eigenvalue weighted by Crippen LogP contribution is -2.26. The van der Waals surface area contributed by atoms with Crippen LogP contribution in [0.1, 0.15) is 44.6 Å². The lowest BCUT2D eigenvalue weighted by atomic mass is 9.82. The predicted molar refractivity (Wildman–Crippen MR) is 65.4 cm³/mol. The van der Waals surface area contributed by atoms with E-state index in [0.29, 0.717) is 18.5 Å². The molecular weight excluding hydrogens is 216 g/mol. The number of rotatable bonds is 4. The highest BCUT2D eigenvalue weighted by atomic mass is 16.5. The van der Waals surface area contributed by atoms with Crippen molar-refractivity contribution in [1.29, 1.82) is 0 Å². The number of hydrogen-bond donors (Lipinski definition) is 1. The van der Waals surface area contributed by atoms with E-state index < -0.39 is 0 Å². The van der Waals surface area contributed by atoms with E-state index in [2.05, 4.69) is 13.8 Å². The predicted octanol–water partition coefficient (Wildman–Crippen LogP) is 3.11. The summed E-state index contributed by atoms with van der Waals surface area (Å²) in [5, 5.41) is 8.90. The summed E-state index contributed by atoms with van der Waals surface area (Å²) in [5.74, 6) is 2.93. The minimum absolute atomic E-state index is 0.0442. The Hall–Kier alpha value is -0.800. The largest absolute Gasteiger partial charge is 0.461 e. The maximum atomic E-state index is 8.90. The van der Waals surface area contributed by atoms with Crippen molar-refractivity contribution < 1.29 is 14.3 Å². The van der Waals surface area contributed by atoms with Crippen LogP contribution in [0.25, 0.3) is 0 Å². The van der Waals surface area contributed by atoms with Crippen LogP contribution in [0.15, 0.2) is 16.5 Å². The van der Waals surface area contributed by atoms with Gasteiger partial charge in [-0.2, -0.15) is 0 Å². The fourth-order valence-corrected chi connectivity index (χ4v) is 2.79. The number of furan rings is 1. The Labute approximate surface area is 103 Å². The number of ether oxygens (including phenoxy) is 1. The molecule has 2 atom stereocenters. The van der Waals surface area contributed by atoms with Crippen LogP contribution in [0.2, 0.25) is 0 Å². The van der Waals surface area contributed by atoms with Gasteiger partial charge in [0.2, 0.25) is 0 Å². The summed E-state index contributed by atoms with van der Waals surface area (Å²) in [6.07, 6.45) is 3.97. The second-order valence-electron chi connectivity index (χ2n) is 5.38. The number of aliphatic hydroxyl groups excluding tert-OH is 1. The first kappa shape index (κ1) is 12.7. The lowest BCUT2D eigenvalue weighted by molar-refractivity contribution is -0.0162. The molecule has 0 radical (unpaired) electrons. The normalized spacial score (nSPS) is 29.5. The minimum Gasteiger partial charge on any atom is -0.461 e. The average Bonchev–Trinajstić information content (AvgIpc) is 2.73. The molecule has 0 bridgehead atoms. The topological polar surface area (TPSA) is 42.6 Å². The second kappa shape index (κ2) is 5.69. The summed E-state index contributed by atoms with van der Waals surface area (Å²) in [7, 11) is 0. The van der Waals surface area contributed by atoms with Gasteiger partial charge in [0.1, 0.15) is 24.7 Å². The Morgan fingerprint density at radius 1 is 1.18 bits per heavy atom. The standard InChI is InChI=1S/C14H22O3/c1-10-5-11(2)7-14(6-10)16-9-13-4-3-12(8-15)17-13/h3-4,10-11,14-15H,5-9H2,1-2H3. The number of aliphatic hydroxyl groups is 1. The van der Waals surface area contributed by atoms with Gasteiger partial charge < -0.3 is 14.3 Å². The van der Waals surface area contributed by atoms with Crippen LogP contribution < -0.4 is 0 Å². The zero-order chi connectivity index (χ0) is 12.3. The van der Waals surface area contributed by atoms with Crippen LogP contribution in [0.4, 0.5) is 0 Å². The van der Waals surface area contributed by atoms with E-state index in [1.54, 1.807) is 6.07 Å². The van der Waals surface area contributed by atoms with Crippen molar-refractivity contribution in [3.05, 3.63) is 23.7 Å². The monoisotopic (exact) mass is 238 g/mol. The third kappa shape index (κ3) is 3.58. The van der Waals surface area contributed by atoms with Gasteiger partial charge in [-0.05, 0) is 43.2 Å². The molecule has 1 heterocycles. The van der Waals surface area contributed by atoms with Crippen LogP contribution in [0.5, 0.6) is 0 Å². The molecule has 0 spiro atoms. The zero-order valence-corrected chi connectivity index (χ0v) is 10.7. The van der Waals surface area contributed by atoms with Crippen LogP contribution >= 0.6 is 0 Å². The van der Waals surface area contributed by atoms with Crippen molar-refractivity contribution in [2.75, 3.05) is 0 Å². The molecule has 0 aliphatic heterocycles. The van der Waals surface area contributed by atoms with E-state index in [0.717, 1.165) is 30.4 Å². The minimum atomic E-state index is -0.0442. The fraction of sp³-hybridized carbons (Fsp3) is 0.714. The van der Waals surface area contributed by atoms with Gasteiger partial charge in [0.05, 0.1) is 6.10 Å². The third-order valence-corrected chi connectivity index (χ3v) is 3.47. The van der Waals surface area contributed by atoms with Gasteiger partial charge in [-0.3, -0.25) is 0 Å². The Balaban J connectivity index is 1.81. The molecule has 1 aliphatic rings. The lowest BCUT2D eigenvalue weighted by Gasteiger charge is -2.31. The van der Waals surface area contributed by atoms with Gasteiger partial charge in [-0.15, -0.1) is 0 Å². The molecule has 3 heteroatoms. The van der Waals surface area contributed by atoms with Crippen LogP contribution in [-0.4, -0.2) is 11.2 Å². The number of hydrogen-bond acceptors (Lipinski definition) is 3. The Morgan fingerprint density at radius 3 is 2.41 bits per heavy atom. The van der Waals surface area contributed by atoms with E-state index >= 15 is 0 Å². The van der Waals surface area contributed by atoms with Crippen molar-refractivity contribution in [3.63, 3.8) is 0 Å². The van der Waals surface area contributed by atoms with Gasteiger partial charge in [0, 0.05) is 0 Å². The molecule has 1 aliphatic carbocycles. The van der Waals surface area contributed by atoms with Crippen molar-refractivity contribution in [3.8, 4) is 0 Å². The molecule has 2 unspecified atom stereocenters. The molecule has 17 heavy (non-hydrogen) atoms. The summed E-state index contributed by atoms with van der Waals surface area (Å²) in [6.45, 7) is 5.06. The highest BCUT2D eigenvalue weighted by molar-refractivity contribution is 5.05. The highest BCUT2D eigenvalue weighted by Gasteiger charge is 2.24.